The Morgan fingerprint density at radius 1 is 0.368 bits per heavy atom. The third-order valence-corrected chi connectivity index (χ3v) is 22.3. The number of aliphatic hydroxyl groups excluding tert-OH is 8. The van der Waals surface area contributed by atoms with Gasteiger partial charge in [-0.1, -0.05) is 103 Å². The summed E-state index contributed by atoms with van der Waals surface area (Å²) in [4.78, 5) is 0. The van der Waals surface area contributed by atoms with Gasteiger partial charge < -0.3 is 69.6 Å². The summed E-state index contributed by atoms with van der Waals surface area (Å²) in [5.74, 6) is -1.81. The number of hydrogen-bond donors (Lipinski definition) is 9. The summed E-state index contributed by atoms with van der Waals surface area (Å²) in [5, 5.41) is 90.5. The molecule has 13 rings (SSSR count). The second-order valence-corrected chi connectivity index (χ2v) is 28.8. The molecule has 0 saturated carbocycles. The van der Waals surface area contributed by atoms with Crippen molar-refractivity contribution in [2.75, 3.05) is 81.3 Å². The number of aliphatic hydroxyl groups is 8. The van der Waals surface area contributed by atoms with Gasteiger partial charge in [-0.05, 0) is 263 Å². The average Bonchev–Trinajstić information content (AvgIpc) is 0.776. The van der Waals surface area contributed by atoms with E-state index in [4.69, 9.17) is 35.3 Å². The fourth-order valence-corrected chi connectivity index (χ4v) is 16.6. The summed E-state index contributed by atoms with van der Waals surface area (Å²) in [5.41, 5.74) is 15.8. The van der Waals surface area contributed by atoms with E-state index >= 15 is 0 Å². The fraction of sp³-hybridized carbons (Fsp3) is 0.379. The molecule has 0 amide bonds. The molecule has 12 atom stereocenters. The molecular formula is C87H97ClF4O14. The molecule has 0 spiro atoms. The maximum Gasteiger partial charge on any atom is 0.165 e. The number of benzene rings is 9. The highest BCUT2D eigenvalue weighted by Crippen LogP contribution is 2.51. The Bertz CT molecular complexity index is 4310. The number of methoxy groups -OCH3 is 4. The summed E-state index contributed by atoms with van der Waals surface area (Å²) in [7, 11) is 5.73. The Kier molecular flexibility index (Phi) is 27.5. The van der Waals surface area contributed by atoms with Crippen LogP contribution in [0.4, 0.5) is 17.6 Å². The van der Waals surface area contributed by atoms with Crippen LogP contribution in [0, 0.1) is 84.5 Å². The van der Waals surface area contributed by atoms with E-state index < -0.39 is 23.3 Å². The van der Waals surface area contributed by atoms with Crippen LogP contribution in [0.15, 0.2) is 164 Å². The van der Waals surface area contributed by atoms with Gasteiger partial charge in [0.2, 0.25) is 0 Å². The first-order chi connectivity index (χ1) is 51.1. The van der Waals surface area contributed by atoms with Crippen molar-refractivity contribution in [1.82, 2.24) is 0 Å². The number of rotatable bonds is 19. The molecule has 14 nitrogen and oxygen atoms in total. The van der Waals surface area contributed by atoms with E-state index in [1.165, 1.54) is 52.7 Å². The Labute approximate surface area is 623 Å². The Hall–Kier alpha value is -8.53. The highest BCUT2D eigenvalue weighted by atomic mass is 35.5. The van der Waals surface area contributed by atoms with Crippen LogP contribution in [0.1, 0.15) is 115 Å². The third-order valence-electron chi connectivity index (χ3n) is 21.9. The van der Waals surface area contributed by atoms with Crippen LogP contribution >= 0.6 is 11.6 Å². The van der Waals surface area contributed by atoms with Crippen molar-refractivity contribution in [1.29, 1.82) is 0 Å². The maximum atomic E-state index is 14.0. The molecule has 4 unspecified atom stereocenters. The van der Waals surface area contributed by atoms with Crippen molar-refractivity contribution in [2.45, 2.75) is 83.2 Å². The maximum absolute atomic E-state index is 14.0. The quantitative estimate of drug-likeness (QED) is 0.0343. The normalized spacial score (nSPS) is 21.9. The van der Waals surface area contributed by atoms with E-state index in [1.807, 2.05) is 82.3 Å². The van der Waals surface area contributed by atoms with Gasteiger partial charge >= 0.3 is 0 Å². The van der Waals surface area contributed by atoms with Crippen LogP contribution in [0.5, 0.6) is 34.5 Å². The van der Waals surface area contributed by atoms with Crippen LogP contribution in [0.2, 0.25) is 5.02 Å². The average molecular weight is 1480 g/mol. The minimum Gasteiger partial charge on any atom is -0.508 e. The highest BCUT2D eigenvalue weighted by molar-refractivity contribution is 6.31. The minimum absolute atomic E-state index is 0.0000665. The van der Waals surface area contributed by atoms with E-state index in [0.717, 1.165) is 94.8 Å². The van der Waals surface area contributed by atoms with Gasteiger partial charge in [-0.2, -0.15) is 0 Å². The van der Waals surface area contributed by atoms with Crippen molar-refractivity contribution in [3.63, 3.8) is 0 Å². The number of fused-ring (bicyclic) bond motifs is 4. The van der Waals surface area contributed by atoms with Gasteiger partial charge in [-0.25, -0.2) is 17.6 Å². The lowest BCUT2D eigenvalue weighted by Gasteiger charge is -2.39. The first kappa shape index (κ1) is 80.0. The predicted octanol–water partition coefficient (Wildman–Crippen LogP) is 14.4. The molecule has 0 fully saturated rings. The molecule has 0 bridgehead atoms. The summed E-state index contributed by atoms with van der Waals surface area (Å²) >= 11 is 6.35. The number of phenols is 1. The van der Waals surface area contributed by atoms with Crippen molar-refractivity contribution in [2.24, 2.45) is 47.3 Å². The Balaban J connectivity index is 0.000000152. The zero-order valence-corrected chi connectivity index (χ0v) is 61.8. The van der Waals surface area contributed by atoms with E-state index in [0.29, 0.717) is 30.7 Å². The monoisotopic (exact) mass is 1480 g/mol. The number of aromatic hydroxyl groups is 1. The number of halogens is 5. The summed E-state index contributed by atoms with van der Waals surface area (Å²) in [6, 6.07) is 49.2. The lowest BCUT2D eigenvalue weighted by atomic mass is 9.66. The molecule has 564 valence electrons. The van der Waals surface area contributed by atoms with E-state index in [9.17, 15) is 63.5 Å². The first-order valence-corrected chi connectivity index (χ1v) is 36.3. The molecule has 9 N–H and O–H groups in total. The predicted molar refractivity (Wildman–Crippen MR) is 402 cm³/mol. The number of ether oxygens (including phenoxy) is 5. The summed E-state index contributed by atoms with van der Waals surface area (Å²) in [6.45, 7) is 7.36. The van der Waals surface area contributed by atoms with Crippen molar-refractivity contribution in [3.8, 4) is 45.6 Å². The Morgan fingerprint density at radius 2 is 0.717 bits per heavy atom. The van der Waals surface area contributed by atoms with Crippen molar-refractivity contribution >= 4 is 11.6 Å². The van der Waals surface area contributed by atoms with E-state index in [-0.39, 0.29) is 159 Å². The molecule has 4 aliphatic rings. The molecule has 0 aliphatic heterocycles. The molecule has 0 saturated heterocycles. The number of aryl methyl sites for hydroxylation is 2. The van der Waals surface area contributed by atoms with Gasteiger partial charge in [0.25, 0.3) is 0 Å². The third kappa shape index (κ3) is 17.4. The second-order valence-electron chi connectivity index (χ2n) is 28.4. The largest absolute Gasteiger partial charge is 0.508 e. The topological polar surface area (TPSA) is 228 Å². The molecule has 19 heteroatoms. The molecule has 0 radical (unpaired) electrons. The molecular weight excluding hydrogens is 1380 g/mol. The minimum atomic E-state index is -0.441. The van der Waals surface area contributed by atoms with Crippen molar-refractivity contribution in [3.05, 3.63) is 270 Å². The zero-order chi connectivity index (χ0) is 76.2. The lowest BCUT2D eigenvalue weighted by molar-refractivity contribution is 0.101. The Morgan fingerprint density at radius 3 is 1.08 bits per heavy atom. The zero-order valence-electron chi connectivity index (χ0n) is 61.0. The second kappa shape index (κ2) is 36.4. The van der Waals surface area contributed by atoms with Gasteiger partial charge in [0.1, 0.15) is 11.5 Å². The van der Waals surface area contributed by atoms with E-state index in [1.54, 1.807) is 54.6 Å². The SMILES string of the molecule is COc1cc(C2c3cc(-c4ccccc4)ccc3C[C@H](CO)[C@H]2CO)ccc1F.COc1cc(C2c3cc(C)c(O)cc3C[C@H](CO)[C@H]2CO)ccc1F.COc1cc(C2c3cc(Cl)c(C)cc3C[C@H](CO)[C@H]2CO)ccc1F.COc1cc(C2c3cc(OC(C)C)ccc3C[C@H](CO)[C@H]2CO)ccc1F. The van der Waals surface area contributed by atoms with E-state index in [2.05, 4.69) is 30.3 Å². The van der Waals surface area contributed by atoms with Crippen LogP contribution in [0.25, 0.3) is 11.1 Å². The van der Waals surface area contributed by atoms with Gasteiger partial charge in [-0.15, -0.1) is 0 Å². The summed E-state index contributed by atoms with van der Waals surface area (Å²) < 4.78 is 82.0. The molecule has 0 heterocycles. The first-order valence-electron chi connectivity index (χ1n) is 35.9. The van der Waals surface area contributed by atoms with Gasteiger partial charge in [-0.3, -0.25) is 0 Å². The molecule has 0 aromatic heterocycles. The molecule has 106 heavy (non-hydrogen) atoms. The van der Waals surface area contributed by atoms with Gasteiger partial charge in [0.05, 0.1) is 34.5 Å². The molecule has 9 aromatic carbocycles. The number of hydrogen-bond acceptors (Lipinski definition) is 14. The summed E-state index contributed by atoms with van der Waals surface area (Å²) in [6.07, 6.45) is 2.72. The highest BCUT2D eigenvalue weighted by Gasteiger charge is 2.42. The smallest absolute Gasteiger partial charge is 0.165 e. The van der Waals surface area contributed by atoms with Crippen LogP contribution in [-0.4, -0.2) is 133 Å². The van der Waals surface area contributed by atoms with Crippen LogP contribution in [-0.2, 0) is 25.7 Å². The van der Waals surface area contributed by atoms with Gasteiger partial charge in [0, 0.05) is 81.5 Å². The van der Waals surface area contributed by atoms with Gasteiger partial charge in [0.15, 0.2) is 46.3 Å². The number of phenolic OH excluding ortho intramolecular Hbond substituents is 1. The molecule has 4 aliphatic carbocycles. The van der Waals surface area contributed by atoms with Crippen LogP contribution < -0.4 is 23.7 Å². The lowest BCUT2D eigenvalue weighted by Crippen LogP contribution is -2.35. The fourth-order valence-electron chi connectivity index (χ4n) is 16.5. The van der Waals surface area contributed by atoms with Crippen LogP contribution in [0.3, 0.4) is 0 Å². The molecule has 9 aromatic rings. The standard InChI is InChI=1S/C25H25FO3.C22H27FO4.C20H22ClFO3.C20H23FO4/c1-29-24-13-19(9-10-23(24)26)25-21-12-17(16-5-3-2-4-6-16)7-8-18(21)11-20(14-27)22(25)15-28;1-13(2)27-17-6-4-14-8-16(11-24)19(12-25)22(18(14)10-17)15-5-7-20(23)21(9-15)26-3;1-11-5-13-6-14(9-23)16(10-24)20(15(13)8-17(11)21)12-3-4-18(22)19(7-12)25-2;1-11-5-15-13(7-18(11)24)6-14(9-22)16(10-23)20(15)12-3-4-17(21)19(8-12)25-2/h2-10,12-13,20,22,25,27-28H,11,14-15H2,1H3;4-7,9-10,13,16,19,22,24-25H,8,11-12H2,1-3H3;3-5,7-8,14,16,20,23-24H,6,9-10H2,1-2H3;3-5,7-8,14,16,20,22-24H,6,9-10H2,1-2H3/t20-,22-,25?;16-,19-,22?;2*14-,16-,20?/m1111/s1. The van der Waals surface area contributed by atoms with Crippen molar-refractivity contribution < 1.29 is 87.2 Å².